The van der Waals surface area contributed by atoms with Crippen LogP contribution in [0.25, 0.3) is 0 Å². The van der Waals surface area contributed by atoms with Crippen molar-refractivity contribution in [2.75, 3.05) is 11.9 Å². The van der Waals surface area contributed by atoms with Crippen LogP contribution in [0.4, 0.5) is 10.5 Å². The van der Waals surface area contributed by atoms with Crippen molar-refractivity contribution in [2.45, 2.75) is 52.0 Å². The molecule has 0 radical (unpaired) electrons. The van der Waals surface area contributed by atoms with Crippen LogP contribution in [0.5, 0.6) is 0 Å². The van der Waals surface area contributed by atoms with Gasteiger partial charge in [0.2, 0.25) is 5.91 Å². The van der Waals surface area contributed by atoms with Gasteiger partial charge in [0.25, 0.3) is 5.91 Å². The average Bonchev–Trinajstić information content (AvgIpc) is 2.63. The normalized spacial score (nSPS) is 18.6. The molecule has 0 aliphatic heterocycles. The molecule has 1 fully saturated rings. The SMILES string of the molecule is CC(=O)Nc1ccc(CC(=O)OCC(=O)NC(=O)N[C@@H]2CCCC[C@@H]2C)cc1. The minimum atomic E-state index is -0.671. The van der Waals surface area contributed by atoms with Gasteiger partial charge < -0.3 is 15.4 Å². The zero-order valence-electron chi connectivity index (χ0n) is 16.2. The molecule has 1 aliphatic carbocycles. The molecule has 4 amide bonds. The maximum Gasteiger partial charge on any atom is 0.321 e. The Labute approximate surface area is 164 Å². The quantitative estimate of drug-likeness (QED) is 0.645. The van der Waals surface area contributed by atoms with Gasteiger partial charge in [0.15, 0.2) is 6.61 Å². The Morgan fingerprint density at radius 2 is 1.75 bits per heavy atom. The minimum Gasteiger partial charge on any atom is -0.455 e. The molecule has 3 N–H and O–H groups in total. The number of nitrogens with one attached hydrogen (secondary N) is 3. The topological polar surface area (TPSA) is 114 Å². The summed E-state index contributed by atoms with van der Waals surface area (Å²) in [6.07, 6.45) is 4.17. The second-order valence-corrected chi connectivity index (χ2v) is 7.11. The van der Waals surface area contributed by atoms with Crippen molar-refractivity contribution < 1.29 is 23.9 Å². The number of carbonyl (C=O) groups excluding carboxylic acids is 4. The maximum atomic E-state index is 11.9. The highest BCUT2D eigenvalue weighted by Gasteiger charge is 2.23. The molecule has 152 valence electrons. The van der Waals surface area contributed by atoms with Gasteiger partial charge >= 0.3 is 12.0 Å². The summed E-state index contributed by atoms with van der Waals surface area (Å²) < 4.78 is 4.91. The number of rotatable bonds is 6. The number of amides is 4. The molecule has 1 aliphatic rings. The van der Waals surface area contributed by atoms with E-state index in [-0.39, 0.29) is 18.4 Å². The number of imide groups is 1. The number of anilines is 1. The van der Waals surface area contributed by atoms with Crippen molar-refractivity contribution in [3.8, 4) is 0 Å². The lowest BCUT2D eigenvalue weighted by Gasteiger charge is -2.29. The van der Waals surface area contributed by atoms with E-state index >= 15 is 0 Å². The monoisotopic (exact) mass is 389 g/mol. The van der Waals surface area contributed by atoms with Crippen LogP contribution in [-0.4, -0.2) is 36.5 Å². The zero-order valence-corrected chi connectivity index (χ0v) is 16.2. The van der Waals surface area contributed by atoms with Gasteiger partial charge in [0.1, 0.15) is 0 Å². The Balaban J connectivity index is 1.69. The fourth-order valence-corrected chi connectivity index (χ4v) is 3.17. The van der Waals surface area contributed by atoms with Crippen LogP contribution in [-0.2, 0) is 25.5 Å². The van der Waals surface area contributed by atoms with Gasteiger partial charge in [0.05, 0.1) is 6.42 Å². The Morgan fingerprint density at radius 1 is 1.07 bits per heavy atom. The lowest BCUT2D eigenvalue weighted by molar-refractivity contribution is -0.147. The number of benzene rings is 1. The Morgan fingerprint density at radius 3 is 2.39 bits per heavy atom. The van der Waals surface area contributed by atoms with Crippen molar-refractivity contribution in [3.05, 3.63) is 29.8 Å². The van der Waals surface area contributed by atoms with Crippen molar-refractivity contribution in [2.24, 2.45) is 5.92 Å². The number of hydrogen-bond acceptors (Lipinski definition) is 5. The third-order valence-corrected chi connectivity index (χ3v) is 4.67. The van der Waals surface area contributed by atoms with Crippen molar-refractivity contribution in [1.82, 2.24) is 10.6 Å². The number of urea groups is 1. The van der Waals surface area contributed by atoms with Crippen LogP contribution < -0.4 is 16.0 Å². The second-order valence-electron chi connectivity index (χ2n) is 7.11. The predicted octanol–water partition coefficient (Wildman–Crippen LogP) is 2.14. The lowest BCUT2D eigenvalue weighted by Crippen LogP contribution is -2.48. The van der Waals surface area contributed by atoms with E-state index in [2.05, 4.69) is 22.9 Å². The number of ether oxygens (including phenoxy) is 1. The van der Waals surface area contributed by atoms with Crippen LogP contribution >= 0.6 is 0 Å². The van der Waals surface area contributed by atoms with Gasteiger partial charge in [-0.3, -0.25) is 19.7 Å². The Kier molecular flexibility index (Phi) is 7.98. The molecule has 0 unspecified atom stereocenters. The van der Waals surface area contributed by atoms with Gasteiger partial charge in [-0.15, -0.1) is 0 Å². The average molecular weight is 389 g/mol. The summed E-state index contributed by atoms with van der Waals surface area (Å²) >= 11 is 0. The molecule has 0 saturated heterocycles. The first-order valence-corrected chi connectivity index (χ1v) is 9.46. The van der Waals surface area contributed by atoms with Gasteiger partial charge in [-0.05, 0) is 36.5 Å². The van der Waals surface area contributed by atoms with Crippen LogP contribution in [0.3, 0.4) is 0 Å². The fraction of sp³-hybridized carbons (Fsp3) is 0.500. The summed E-state index contributed by atoms with van der Waals surface area (Å²) in [5.41, 5.74) is 1.31. The summed E-state index contributed by atoms with van der Waals surface area (Å²) in [5, 5.41) is 7.62. The van der Waals surface area contributed by atoms with Gasteiger partial charge in [0, 0.05) is 18.7 Å². The number of hydrogen-bond donors (Lipinski definition) is 3. The Bertz CT molecular complexity index is 717. The molecule has 2 rings (SSSR count). The third-order valence-electron chi connectivity index (χ3n) is 4.67. The van der Waals surface area contributed by atoms with Crippen LogP contribution in [0.15, 0.2) is 24.3 Å². The third kappa shape index (κ3) is 7.38. The first-order chi connectivity index (χ1) is 13.3. The van der Waals surface area contributed by atoms with Crippen molar-refractivity contribution in [1.29, 1.82) is 0 Å². The molecule has 0 heterocycles. The van der Waals surface area contributed by atoms with E-state index in [1.54, 1.807) is 24.3 Å². The molecule has 8 heteroatoms. The summed E-state index contributed by atoms with van der Waals surface area (Å²) in [6.45, 7) is 2.97. The van der Waals surface area contributed by atoms with E-state index < -0.39 is 24.5 Å². The summed E-state index contributed by atoms with van der Waals surface area (Å²) in [7, 11) is 0. The number of esters is 1. The number of carbonyl (C=O) groups is 4. The molecule has 0 spiro atoms. The second kappa shape index (κ2) is 10.4. The Hall–Kier alpha value is -2.90. The smallest absolute Gasteiger partial charge is 0.321 e. The molecule has 2 atom stereocenters. The molecule has 8 nitrogen and oxygen atoms in total. The van der Waals surface area contributed by atoms with E-state index in [4.69, 9.17) is 4.74 Å². The molecule has 1 saturated carbocycles. The van der Waals surface area contributed by atoms with Crippen LogP contribution in [0.1, 0.15) is 45.1 Å². The van der Waals surface area contributed by atoms with Gasteiger partial charge in [-0.2, -0.15) is 0 Å². The van der Waals surface area contributed by atoms with E-state index in [0.717, 1.165) is 25.7 Å². The summed E-state index contributed by atoms with van der Waals surface area (Å²) in [4.78, 5) is 46.5. The highest BCUT2D eigenvalue weighted by molar-refractivity contribution is 5.95. The van der Waals surface area contributed by atoms with Gasteiger partial charge in [-0.1, -0.05) is 31.9 Å². The lowest BCUT2D eigenvalue weighted by atomic mass is 9.86. The van der Waals surface area contributed by atoms with Crippen molar-refractivity contribution in [3.63, 3.8) is 0 Å². The minimum absolute atomic E-state index is 0.0145. The first kappa shape index (κ1) is 21.4. The van der Waals surface area contributed by atoms with E-state index in [1.165, 1.54) is 6.92 Å². The highest BCUT2D eigenvalue weighted by Crippen LogP contribution is 2.23. The zero-order chi connectivity index (χ0) is 20.5. The molecular weight excluding hydrogens is 362 g/mol. The van der Waals surface area contributed by atoms with E-state index in [9.17, 15) is 19.2 Å². The molecule has 0 aromatic heterocycles. The molecular formula is C20H27N3O5. The predicted molar refractivity (Wildman–Crippen MR) is 104 cm³/mol. The highest BCUT2D eigenvalue weighted by atomic mass is 16.5. The van der Waals surface area contributed by atoms with Crippen LogP contribution in [0.2, 0.25) is 0 Å². The summed E-state index contributed by atoms with van der Waals surface area (Å²) in [5.74, 6) is -1.05. The van der Waals surface area contributed by atoms with Crippen molar-refractivity contribution >= 4 is 29.5 Å². The first-order valence-electron chi connectivity index (χ1n) is 9.46. The van der Waals surface area contributed by atoms with Crippen LogP contribution in [0, 0.1) is 5.92 Å². The molecule has 1 aromatic carbocycles. The van der Waals surface area contributed by atoms with E-state index in [0.29, 0.717) is 17.2 Å². The summed E-state index contributed by atoms with van der Waals surface area (Å²) in [6, 6.07) is 6.22. The largest absolute Gasteiger partial charge is 0.455 e. The van der Waals surface area contributed by atoms with Gasteiger partial charge in [-0.25, -0.2) is 4.79 Å². The fourth-order valence-electron chi connectivity index (χ4n) is 3.17. The maximum absolute atomic E-state index is 11.9. The molecule has 1 aromatic rings. The standard InChI is InChI=1S/C20H27N3O5/c1-13-5-3-4-6-17(13)22-20(27)23-18(25)12-28-19(26)11-15-7-9-16(10-8-15)21-14(2)24/h7-10,13,17H,3-6,11-12H2,1-2H3,(H,21,24)(H2,22,23,25,27)/t13-,17+/m0/s1. The molecule has 0 bridgehead atoms. The van der Waals surface area contributed by atoms with E-state index in [1.807, 2.05) is 0 Å². The molecule has 28 heavy (non-hydrogen) atoms.